The summed E-state index contributed by atoms with van der Waals surface area (Å²) < 4.78 is 0. The summed E-state index contributed by atoms with van der Waals surface area (Å²) in [5, 5.41) is 7.79. The molecule has 0 aromatic heterocycles. The van der Waals surface area contributed by atoms with E-state index in [-0.39, 0.29) is 11.8 Å². The molecule has 2 N–H and O–H groups in total. The lowest BCUT2D eigenvalue weighted by molar-refractivity contribution is -0.117. The van der Waals surface area contributed by atoms with Crippen LogP contribution in [-0.2, 0) is 9.59 Å². The number of amides is 2. The number of nitrogens with one attached hydrogen (secondary N) is 2. The second-order valence-electron chi connectivity index (χ2n) is 4.76. The monoisotopic (exact) mass is 260 g/mol. The molecule has 0 unspecified atom stereocenters. The second kappa shape index (κ2) is 4.79. The highest BCUT2D eigenvalue weighted by atomic mass is 16.2. The van der Waals surface area contributed by atoms with Gasteiger partial charge in [-0.1, -0.05) is 11.1 Å². The Morgan fingerprint density at radius 3 is 1.53 bits per heavy atom. The fourth-order valence-corrected chi connectivity index (χ4v) is 2.40. The molecule has 0 radical (unpaired) electrons. The predicted molar refractivity (Wildman–Crippen MR) is 72.5 cm³/mol. The zero-order valence-corrected chi connectivity index (χ0v) is 11.4. The molecule has 0 saturated heterocycles. The predicted octanol–water partition coefficient (Wildman–Crippen LogP) is 1.02. The number of rotatable bonds is 2. The van der Waals surface area contributed by atoms with Crippen LogP contribution in [0, 0.1) is 0 Å². The minimum atomic E-state index is -0.186. The van der Waals surface area contributed by atoms with Crippen LogP contribution in [0.3, 0.4) is 0 Å². The van der Waals surface area contributed by atoms with Crippen LogP contribution in [0.5, 0.6) is 0 Å². The van der Waals surface area contributed by atoms with Crippen molar-refractivity contribution in [2.24, 2.45) is 10.2 Å². The molecular formula is C13H16N4O2. The molecule has 0 saturated carbocycles. The molecule has 6 nitrogen and oxygen atoms in total. The van der Waals surface area contributed by atoms with Gasteiger partial charge in [-0.3, -0.25) is 9.59 Å². The third-order valence-corrected chi connectivity index (χ3v) is 3.21. The summed E-state index contributed by atoms with van der Waals surface area (Å²) in [5.74, 6) is -0.372. The second-order valence-corrected chi connectivity index (χ2v) is 4.76. The first-order valence-electron chi connectivity index (χ1n) is 6.01. The van der Waals surface area contributed by atoms with Crippen molar-refractivity contribution in [1.29, 1.82) is 0 Å². The normalized spacial score (nSPS) is 23.8. The highest BCUT2D eigenvalue weighted by Crippen LogP contribution is 2.22. The maximum atomic E-state index is 11.7. The Morgan fingerprint density at radius 2 is 1.26 bits per heavy atom. The van der Waals surface area contributed by atoms with E-state index in [0.29, 0.717) is 29.0 Å². The van der Waals surface area contributed by atoms with Gasteiger partial charge in [0, 0.05) is 0 Å². The quantitative estimate of drug-likeness (QED) is 0.727. The molecule has 2 aliphatic heterocycles. The van der Waals surface area contributed by atoms with Gasteiger partial charge in [0.1, 0.15) is 0 Å². The Hall–Kier alpha value is -2.24. The minimum absolute atomic E-state index is 0.186. The van der Waals surface area contributed by atoms with Gasteiger partial charge < -0.3 is 0 Å². The Morgan fingerprint density at radius 1 is 0.895 bits per heavy atom. The SMILES string of the molecule is CC1=NNC(=O)/C1=C(/C)C/C(C)=C1\C(=O)NN=C1C. The molecule has 6 heteroatoms. The summed E-state index contributed by atoms with van der Waals surface area (Å²) in [7, 11) is 0. The van der Waals surface area contributed by atoms with Crippen LogP contribution in [0.25, 0.3) is 0 Å². The first kappa shape index (κ1) is 13.2. The fraction of sp³-hybridized carbons (Fsp3) is 0.385. The number of hydrogen-bond donors (Lipinski definition) is 2. The van der Waals surface area contributed by atoms with E-state index in [0.717, 1.165) is 11.1 Å². The molecule has 0 fully saturated rings. The molecule has 2 aliphatic rings. The van der Waals surface area contributed by atoms with Crippen molar-refractivity contribution < 1.29 is 9.59 Å². The zero-order valence-electron chi connectivity index (χ0n) is 11.4. The lowest BCUT2D eigenvalue weighted by Gasteiger charge is -2.08. The van der Waals surface area contributed by atoms with Gasteiger partial charge in [-0.15, -0.1) is 0 Å². The topological polar surface area (TPSA) is 82.9 Å². The smallest absolute Gasteiger partial charge is 0.267 e. The van der Waals surface area contributed by atoms with Crippen molar-refractivity contribution in [1.82, 2.24) is 10.9 Å². The summed E-state index contributed by atoms with van der Waals surface area (Å²) in [6, 6.07) is 0. The van der Waals surface area contributed by atoms with Gasteiger partial charge in [0.2, 0.25) is 0 Å². The first-order valence-corrected chi connectivity index (χ1v) is 6.01. The standard InChI is InChI=1S/C13H16N4O2/c1-6(10-8(3)14-16-12(10)18)5-7(2)11-9(4)15-17-13(11)19/h5H2,1-4H3,(H,16,18)(H,17,19)/b10-6-,11-7-. The van der Waals surface area contributed by atoms with Gasteiger partial charge in [0.25, 0.3) is 11.8 Å². The average molecular weight is 260 g/mol. The van der Waals surface area contributed by atoms with E-state index in [1.807, 2.05) is 13.8 Å². The maximum Gasteiger partial charge on any atom is 0.273 e. The third kappa shape index (κ3) is 2.33. The number of carbonyl (C=O) groups is 2. The largest absolute Gasteiger partial charge is 0.273 e. The van der Waals surface area contributed by atoms with Crippen LogP contribution in [0.15, 0.2) is 32.5 Å². The van der Waals surface area contributed by atoms with Crippen LogP contribution < -0.4 is 10.9 Å². The molecule has 2 amide bonds. The summed E-state index contributed by atoms with van der Waals surface area (Å²) in [5.41, 5.74) is 9.23. The summed E-state index contributed by atoms with van der Waals surface area (Å²) in [6.07, 6.45) is 0.547. The molecule has 2 rings (SSSR count). The maximum absolute atomic E-state index is 11.7. The van der Waals surface area contributed by atoms with Gasteiger partial charge in [0.05, 0.1) is 22.6 Å². The van der Waals surface area contributed by atoms with E-state index in [2.05, 4.69) is 21.1 Å². The van der Waals surface area contributed by atoms with Crippen molar-refractivity contribution in [2.75, 3.05) is 0 Å². The highest BCUT2D eigenvalue weighted by Gasteiger charge is 2.24. The molecule has 0 atom stereocenters. The minimum Gasteiger partial charge on any atom is -0.267 e. The molecule has 0 spiro atoms. The first-order chi connectivity index (χ1) is 8.91. The molecule has 0 aliphatic carbocycles. The van der Waals surface area contributed by atoms with Crippen molar-refractivity contribution in [3.8, 4) is 0 Å². The summed E-state index contributed by atoms with van der Waals surface area (Å²) in [4.78, 5) is 23.3. The van der Waals surface area contributed by atoms with E-state index in [9.17, 15) is 9.59 Å². The Balaban J connectivity index is 2.32. The molecule has 19 heavy (non-hydrogen) atoms. The van der Waals surface area contributed by atoms with Crippen LogP contribution >= 0.6 is 0 Å². The van der Waals surface area contributed by atoms with Gasteiger partial charge >= 0.3 is 0 Å². The molecule has 100 valence electrons. The van der Waals surface area contributed by atoms with E-state index in [1.54, 1.807) is 13.8 Å². The molecule has 2 heterocycles. The lowest BCUT2D eigenvalue weighted by atomic mass is 9.95. The van der Waals surface area contributed by atoms with Gasteiger partial charge in [0.15, 0.2) is 0 Å². The molecule has 0 aromatic carbocycles. The molecular weight excluding hydrogens is 244 g/mol. The Labute approximate surface area is 111 Å². The van der Waals surface area contributed by atoms with Crippen molar-refractivity contribution in [3.05, 3.63) is 22.3 Å². The van der Waals surface area contributed by atoms with Gasteiger partial charge in [-0.25, -0.2) is 10.9 Å². The number of hydrazone groups is 2. The van der Waals surface area contributed by atoms with Gasteiger partial charge in [-0.05, 0) is 34.1 Å². The summed E-state index contributed by atoms with van der Waals surface area (Å²) >= 11 is 0. The number of allylic oxidation sites excluding steroid dienone is 2. The molecule has 0 bridgehead atoms. The fourth-order valence-electron chi connectivity index (χ4n) is 2.40. The Bertz CT molecular complexity index is 542. The van der Waals surface area contributed by atoms with Crippen LogP contribution in [0.2, 0.25) is 0 Å². The van der Waals surface area contributed by atoms with Crippen LogP contribution in [0.4, 0.5) is 0 Å². The number of carbonyl (C=O) groups excluding carboxylic acids is 2. The van der Waals surface area contributed by atoms with Crippen molar-refractivity contribution >= 4 is 23.2 Å². The van der Waals surface area contributed by atoms with E-state index >= 15 is 0 Å². The van der Waals surface area contributed by atoms with E-state index < -0.39 is 0 Å². The number of hydrogen-bond acceptors (Lipinski definition) is 4. The van der Waals surface area contributed by atoms with Gasteiger partial charge in [-0.2, -0.15) is 10.2 Å². The molecule has 0 aromatic rings. The van der Waals surface area contributed by atoms with E-state index in [4.69, 9.17) is 0 Å². The summed E-state index contributed by atoms with van der Waals surface area (Å²) in [6.45, 7) is 7.33. The number of nitrogens with zero attached hydrogens (tertiary/aromatic N) is 2. The Kier molecular flexibility index (Phi) is 3.33. The van der Waals surface area contributed by atoms with Crippen LogP contribution in [-0.4, -0.2) is 23.2 Å². The lowest BCUT2D eigenvalue weighted by Crippen LogP contribution is -2.16. The highest BCUT2D eigenvalue weighted by molar-refractivity contribution is 6.25. The average Bonchev–Trinajstić information content (AvgIpc) is 2.82. The van der Waals surface area contributed by atoms with E-state index in [1.165, 1.54) is 0 Å². The zero-order chi connectivity index (χ0) is 14.2. The van der Waals surface area contributed by atoms with Crippen molar-refractivity contribution in [2.45, 2.75) is 34.1 Å². The van der Waals surface area contributed by atoms with Crippen LogP contribution in [0.1, 0.15) is 34.1 Å². The third-order valence-electron chi connectivity index (χ3n) is 3.21. The van der Waals surface area contributed by atoms with Crippen molar-refractivity contribution in [3.63, 3.8) is 0 Å².